The summed E-state index contributed by atoms with van der Waals surface area (Å²) in [6.07, 6.45) is -4.90. The van der Waals surface area contributed by atoms with Crippen LogP contribution in [0.5, 0.6) is 0 Å². The van der Waals surface area contributed by atoms with E-state index in [0.717, 1.165) is 0 Å². The average Bonchev–Trinajstić information content (AvgIpc) is 2.00. The van der Waals surface area contributed by atoms with Gasteiger partial charge >= 0.3 is 0 Å². The highest BCUT2D eigenvalue weighted by Crippen LogP contribution is 2.02. The van der Waals surface area contributed by atoms with Gasteiger partial charge in [0.15, 0.2) is 0 Å². The molecular formula is C6H14ClNO5. The summed E-state index contributed by atoms with van der Waals surface area (Å²) in [7, 11) is 0. The molecule has 0 aromatic carbocycles. The van der Waals surface area contributed by atoms with Gasteiger partial charge in [0.25, 0.3) is 0 Å². The first-order chi connectivity index (χ1) is 5.49. The van der Waals surface area contributed by atoms with E-state index in [0.29, 0.717) is 0 Å². The number of aliphatic hydroxyl groups is 4. The van der Waals surface area contributed by atoms with E-state index in [4.69, 9.17) is 26.2 Å². The number of halogens is 1. The zero-order valence-corrected chi connectivity index (χ0v) is 7.65. The molecule has 3 atom stereocenters. The largest absolute Gasteiger partial charge is 0.394 e. The number of aliphatic hydroxyl groups excluding tert-OH is 4. The van der Waals surface area contributed by atoms with Gasteiger partial charge in [-0.2, -0.15) is 0 Å². The lowest BCUT2D eigenvalue weighted by Crippen LogP contribution is -2.41. The average molecular weight is 216 g/mol. The minimum absolute atomic E-state index is 0. The molecule has 1 amide bonds. The lowest BCUT2D eigenvalue weighted by molar-refractivity contribution is -0.125. The Morgan fingerprint density at radius 3 is 2.00 bits per heavy atom. The summed E-state index contributed by atoms with van der Waals surface area (Å²) in [6, 6.07) is 0. The van der Waals surface area contributed by atoms with Crippen LogP contribution in [0.15, 0.2) is 0 Å². The Balaban J connectivity index is 0. The molecule has 0 aliphatic carbocycles. The molecule has 7 heteroatoms. The van der Waals surface area contributed by atoms with Crippen molar-refractivity contribution in [3.63, 3.8) is 0 Å². The summed E-state index contributed by atoms with van der Waals surface area (Å²) in [5, 5.41) is 35.1. The van der Waals surface area contributed by atoms with Crippen LogP contribution in [0, 0.1) is 0 Å². The van der Waals surface area contributed by atoms with Gasteiger partial charge in [0.1, 0.15) is 12.2 Å². The Kier molecular flexibility index (Phi) is 8.18. The van der Waals surface area contributed by atoms with Gasteiger partial charge in [-0.3, -0.25) is 4.79 Å². The molecule has 0 spiro atoms. The summed E-state index contributed by atoms with van der Waals surface area (Å²) in [6.45, 7) is -0.684. The molecule has 80 valence electrons. The summed E-state index contributed by atoms with van der Waals surface area (Å²) in [4.78, 5) is 10.2. The van der Waals surface area contributed by atoms with Crippen molar-refractivity contribution in [2.24, 2.45) is 5.73 Å². The zero-order chi connectivity index (χ0) is 9.72. The maximum Gasteiger partial charge on any atom is 0.220 e. The van der Waals surface area contributed by atoms with E-state index in [9.17, 15) is 4.79 Å². The van der Waals surface area contributed by atoms with Gasteiger partial charge in [0.2, 0.25) is 5.91 Å². The minimum Gasteiger partial charge on any atom is -0.394 e. The molecule has 0 saturated heterocycles. The van der Waals surface area contributed by atoms with Crippen molar-refractivity contribution in [1.29, 1.82) is 0 Å². The highest BCUT2D eigenvalue weighted by molar-refractivity contribution is 5.85. The molecule has 0 rings (SSSR count). The SMILES string of the molecule is Cl.NC(=O)CC(O)C(O)C(O)CO. The number of amides is 1. The highest BCUT2D eigenvalue weighted by atomic mass is 35.5. The molecule has 6 N–H and O–H groups in total. The van der Waals surface area contributed by atoms with E-state index in [1.165, 1.54) is 0 Å². The second-order valence-electron chi connectivity index (χ2n) is 2.48. The maximum atomic E-state index is 10.2. The number of hydrogen-bond acceptors (Lipinski definition) is 5. The number of primary amides is 1. The van der Waals surface area contributed by atoms with Gasteiger partial charge in [0.05, 0.1) is 19.1 Å². The normalized spacial score (nSPS) is 16.9. The van der Waals surface area contributed by atoms with Crippen LogP contribution >= 0.6 is 12.4 Å². The first-order valence-electron chi connectivity index (χ1n) is 3.42. The molecule has 0 radical (unpaired) electrons. The highest BCUT2D eigenvalue weighted by Gasteiger charge is 2.24. The molecule has 0 saturated carbocycles. The molecule has 0 aromatic heterocycles. The fraction of sp³-hybridized carbons (Fsp3) is 0.833. The second-order valence-corrected chi connectivity index (χ2v) is 2.48. The minimum atomic E-state index is -1.55. The molecule has 0 aromatic rings. The van der Waals surface area contributed by atoms with E-state index in [1.54, 1.807) is 0 Å². The van der Waals surface area contributed by atoms with Crippen LogP contribution in [0.25, 0.3) is 0 Å². The van der Waals surface area contributed by atoms with Crippen LogP contribution in [-0.4, -0.2) is 51.3 Å². The third kappa shape index (κ3) is 5.78. The number of carbonyl (C=O) groups is 1. The fourth-order valence-electron chi connectivity index (χ4n) is 0.691. The van der Waals surface area contributed by atoms with Crippen LogP contribution in [0.4, 0.5) is 0 Å². The Morgan fingerprint density at radius 2 is 1.69 bits per heavy atom. The van der Waals surface area contributed by atoms with Crippen LogP contribution < -0.4 is 5.73 Å². The zero-order valence-electron chi connectivity index (χ0n) is 6.83. The van der Waals surface area contributed by atoms with Crippen molar-refractivity contribution in [3.8, 4) is 0 Å². The monoisotopic (exact) mass is 215 g/mol. The Morgan fingerprint density at radius 1 is 1.23 bits per heavy atom. The maximum absolute atomic E-state index is 10.2. The van der Waals surface area contributed by atoms with E-state index < -0.39 is 37.2 Å². The van der Waals surface area contributed by atoms with Crippen molar-refractivity contribution in [2.75, 3.05) is 6.61 Å². The van der Waals surface area contributed by atoms with Gasteiger partial charge in [-0.15, -0.1) is 12.4 Å². The summed E-state index contributed by atoms with van der Waals surface area (Å²) in [5.74, 6) is -0.785. The summed E-state index contributed by atoms with van der Waals surface area (Å²) >= 11 is 0. The van der Waals surface area contributed by atoms with Gasteiger partial charge in [-0.1, -0.05) is 0 Å². The van der Waals surface area contributed by atoms with E-state index in [2.05, 4.69) is 0 Å². The predicted octanol–water partition coefficient (Wildman–Crippen LogP) is -2.64. The van der Waals surface area contributed by atoms with Crippen molar-refractivity contribution in [2.45, 2.75) is 24.7 Å². The van der Waals surface area contributed by atoms with E-state index in [1.807, 2.05) is 0 Å². The molecule has 0 bridgehead atoms. The molecule has 3 unspecified atom stereocenters. The summed E-state index contributed by atoms with van der Waals surface area (Å²) in [5.41, 5.74) is 4.72. The second kappa shape index (κ2) is 7.05. The van der Waals surface area contributed by atoms with Gasteiger partial charge in [-0.25, -0.2) is 0 Å². The Labute approximate surface area is 81.4 Å². The molecule has 13 heavy (non-hydrogen) atoms. The number of carbonyl (C=O) groups excluding carboxylic acids is 1. The van der Waals surface area contributed by atoms with Crippen molar-refractivity contribution in [1.82, 2.24) is 0 Å². The smallest absolute Gasteiger partial charge is 0.220 e. The number of rotatable bonds is 5. The van der Waals surface area contributed by atoms with Crippen LogP contribution in [0.1, 0.15) is 6.42 Å². The predicted molar refractivity (Wildman–Crippen MR) is 46.2 cm³/mol. The van der Waals surface area contributed by atoms with Crippen molar-refractivity contribution in [3.05, 3.63) is 0 Å². The van der Waals surface area contributed by atoms with Crippen molar-refractivity contribution >= 4 is 18.3 Å². The topological polar surface area (TPSA) is 124 Å². The molecule has 0 aliphatic rings. The standard InChI is InChI=1S/C6H13NO5.ClH/c7-5(11)1-3(9)6(12)4(10)2-8;/h3-4,6,8-10,12H,1-2H2,(H2,7,11);1H. The van der Waals surface area contributed by atoms with E-state index in [-0.39, 0.29) is 12.4 Å². The van der Waals surface area contributed by atoms with E-state index >= 15 is 0 Å². The molecule has 6 nitrogen and oxygen atoms in total. The van der Waals surface area contributed by atoms with Crippen LogP contribution in [0.3, 0.4) is 0 Å². The van der Waals surface area contributed by atoms with Crippen LogP contribution in [0.2, 0.25) is 0 Å². The lowest BCUT2D eigenvalue weighted by Gasteiger charge is -2.19. The fourth-order valence-corrected chi connectivity index (χ4v) is 0.691. The number of hydrogen-bond donors (Lipinski definition) is 5. The van der Waals surface area contributed by atoms with Gasteiger partial charge in [-0.05, 0) is 0 Å². The molecule has 0 heterocycles. The van der Waals surface area contributed by atoms with Crippen molar-refractivity contribution < 1.29 is 25.2 Å². The molecular weight excluding hydrogens is 202 g/mol. The first kappa shape index (κ1) is 15.1. The summed E-state index contributed by atoms with van der Waals surface area (Å²) < 4.78 is 0. The third-order valence-corrected chi connectivity index (χ3v) is 1.39. The molecule has 0 fully saturated rings. The third-order valence-electron chi connectivity index (χ3n) is 1.39. The quantitative estimate of drug-likeness (QED) is 0.343. The molecule has 0 aliphatic heterocycles. The van der Waals surface area contributed by atoms with Gasteiger partial charge in [0, 0.05) is 0 Å². The van der Waals surface area contributed by atoms with Gasteiger partial charge < -0.3 is 26.2 Å². The number of nitrogens with two attached hydrogens (primary N) is 1. The lowest BCUT2D eigenvalue weighted by atomic mass is 10.1. The Hall–Kier alpha value is -0.400. The van der Waals surface area contributed by atoms with Crippen LogP contribution in [-0.2, 0) is 4.79 Å². The first-order valence-corrected chi connectivity index (χ1v) is 3.42. The Bertz CT molecular complexity index is 156.